The number of aromatic nitrogens is 2. The predicted octanol–water partition coefficient (Wildman–Crippen LogP) is 3.48. The second kappa shape index (κ2) is 6.54. The number of hydrogen-bond donors (Lipinski definition) is 1. The van der Waals surface area contributed by atoms with E-state index in [2.05, 4.69) is 28.9 Å². The molecule has 0 saturated carbocycles. The number of imidazole rings is 1. The van der Waals surface area contributed by atoms with E-state index >= 15 is 0 Å². The van der Waals surface area contributed by atoms with Gasteiger partial charge in [-0.3, -0.25) is 0 Å². The van der Waals surface area contributed by atoms with E-state index in [-0.39, 0.29) is 6.04 Å². The number of rotatable bonds is 4. The molecule has 1 aliphatic rings. The molecule has 0 fully saturated rings. The Hall–Kier alpha value is -2.31. The molecule has 0 aliphatic carbocycles. The smallest absolute Gasteiger partial charge is 0.159 e. The minimum Gasteiger partial charge on any atom is -0.371 e. The number of halogens is 2. The topological polar surface area (TPSA) is 39.1 Å². The average Bonchev–Trinajstić information content (AvgIpc) is 2.99. The van der Waals surface area contributed by atoms with Crippen LogP contribution in [0.5, 0.6) is 0 Å². The molecule has 130 valence electrons. The molecule has 1 N–H and O–H groups in total. The van der Waals surface area contributed by atoms with Crippen molar-refractivity contribution >= 4 is 11.0 Å². The zero-order valence-corrected chi connectivity index (χ0v) is 13.9. The molecule has 0 radical (unpaired) electrons. The average molecular weight is 343 g/mol. The van der Waals surface area contributed by atoms with Gasteiger partial charge in [-0.15, -0.1) is 0 Å². The fourth-order valence-corrected chi connectivity index (χ4v) is 3.36. The minimum absolute atomic E-state index is 0.112. The van der Waals surface area contributed by atoms with Crippen molar-refractivity contribution < 1.29 is 13.5 Å². The molecule has 0 saturated heterocycles. The summed E-state index contributed by atoms with van der Waals surface area (Å²) in [5.74, 6) is -0.719. The number of para-hydroxylation sites is 1. The number of benzene rings is 2. The molecule has 4 nitrogen and oxygen atoms in total. The monoisotopic (exact) mass is 343 g/mol. The van der Waals surface area contributed by atoms with Gasteiger partial charge in [0.15, 0.2) is 11.6 Å². The van der Waals surface area contributed by atoms with Crippen molar-refractivity contribution in [3.8, 4) is 0 Å². The normalized spacial score (nSPS) is 17.0. The van der Waals surface area contributed by atoms with Gasteiger partial charge in [-0.25, -0.2) is 13.8 Å². The van der Waals surface area contributed by atoms with E-state index in [1.54, 1.807) is 6.07 Å². The van der Waals surface area contributed by atoms with Crippen LogP contribution in [0.15, 0.2) is 36.4 Å². The van der Waals surface area contributed by atoms with Gasteiger partial charge in [0.2, 0.25) is 0 Å². The van der Waals surface area contributed by atoms with Crippen molar-refractivity contribution in [3.05, 3.63) is 65.0 Å². The number of aryl methyl sites for hydroxylation is 1. The van der Waals surface area contributed by atoms with E-state index in [4.69, 9.17) is 9.72 Å². The summed E-state index contributed by atoms with van der Waals surface area (Å²) in [5, 5.41) is 3.31. The summed E-state index contributed by atoms with van der Waals surface area (Å²) in [6, 6.07) is 10.2. The Morgan fingerprint density at radius 2 is 2.12 bits per heavy atom. The zero-order valence-electron chi connectivity index (χ0n) is 13.9. The van der Waals surface area contributed by atoms with Crippen LogP contribution in [0.4, 0.5) is 8.78 Å². The molecule has 2 aromatic carbocycles. The van der Waals surface area contributed by atoms with Crippen molar-refractivity contribution in [2.24, 2.45) is 0 Å². The third kappa shape index (κ3) is 3.03. The van der Waals surface area contributed by atoms with E-state index in [1.165, 1.54) is 6.07 Å². The summed E-state index contributed by atoms with van der Waals surface area (Å²) in [4.78, 5) is 4.71. The third-order valence-corrected chi connectivity index (χ3v) is 4.59. The van der Waals surface area contributed by atoms with Gasteiger partial charge in [0.1, 0.15) is 12.4 Å². The molecule has 0 unspecified atom stereocenters. The number of nitrogens with zero attached hydrogens (tertiary/aromatic N) is 2. The summed E-state index contributed by atoms with van der Waals surface area (Å²) in [6.07, 6.45) is 0. The van der Waals surface area contributed by atoms with Crippen LogP contribution in [0.2, 0.25) is 0 Å². The van der Waals surface area contributed by atoms with Crippen LogP contribution in [-0.4, -0.2) is 22.7 Å². The Bertz CT molecular complexity index is 922. The van der Waals surface area contributed by atoms with E-state index < -0.39 is 11.6 Å². The van der Waals surface area contributed by atoms with Crippen molar-refractivity contribution in [2.45, 2.75) is 26.1 Å². The molecule has 0 spiro atoms. The van der Waals surface area contributed by atoms with Crippen molar-refractivity contribution in [2.75, 3.05) is 13.2 Å². The van der Waals surface area contributed by atoms with Gasteiger partial charge >= 0.3 is 0 Å². The van der Waals surface area contributed by atoms with Gasteiger partial charge in [-0.2, -0.15) is 0 Å². The quantitative estimate of drug-likeness (QED) is 0.788. The zero-order chi connectivity index (χ0) is 17.4. The first-order chi connectivity index (χ1) is 12.1. The van der Waals surface area contributed by atoms with Crippen molar-refractivity contribution in [3.63, 3.8) is 0 Å². The first-order valence-corrected chi connectivity index (χ1v) is 8.32. The van der Waals surface area contributed by atoms with E-state index in [9.17, 15) is 8.78 Å². The standard InChI is InChI=1S/C19H19F2N3O/c1-12-3-2-4-17-19(12)23-18-11-25-10-14(24(17)18)9-22-8-13-5-6-15(20)16(21)7-13/h2-7,14,22H,8-11H2,1H3/t14-/m0/s1. The molecule has 4 rings (SSSR count). The Labute approximate surface area is 144 Å². The maximum atomic E-state index is 13.3. The molecule has 0 amide bonds. The van der Waals surface area contributed by atoms with Crippen molar-refractivity contribution in [1.82, 2.24) is 14.9 Å². The van der Waals surface area contributed by atoms with Gasteiger partial charge in [-0.1, -0.05) is 18.2 Å². The van der Waals surface area contributed by atoms with E-state index in [1.807, 2.05) is 6.07 Å². The Morgan fingerprint density at radius 1 is 1.24 bits per heavy atom. The molecule has 2 heterocycles. The summed E-state index contributed by atoms with van der Waals surface area (Å²) < 4.78 is 34.2. The largest absolute Gasteiger partial charge is 0.371 e. The molecular formula is C19H19F2N3O. The van der Waals surface area contributed by atoms with Crippen LogP contribution in [-0.2, 0) is 17.9 Å². The number of fused-ring (bicyclic) bond motifs is 3. The fraction of sp³-hybridized carbons (Fsp3) is 0.316. The van der Waals surface area contributed by atoms with Crippen LogP contribution in [0, 0.1) is 18.6 Å². The Kier molecular flexibility index (Phi) is 4.23. The SMILES string of the molecule is Cc1cccc2c1nc1n2[C@@H](CNCc2ccc(F)c(F)c2)COC1. The molecule has 1 aromatic heterocycles. The van der Waals surface area contributed by atoms with Gasteiger partial charge in [0, 0.05) is 13.1 Å². The van der Waals surface area contributed by atoms with Crippen LogP contribution >= 0.6 is 0 Å². The highest BCUT2D eigenvalue weighted by atomic mass is 19.2. The first-order valence-electron chi connectivity index (χ1n) is 8.32. The van der Waals surface area contributed by atoms with Crippen LogP contribution in [0.25, 0.3) is 11.0 Å². The lowest BCUT2D eigenvalue weighted by Crippen LogP contribution is -2.32. The van der Waals surface area contributed by atoms with Gasteiger partial charge in [0.05, 0.1) is 23.7 Å². The van der Waals surface area contributed by atoms with E-state index in [0.717, 1.165) is 28.5 Å². The number of hydrogen-bond acceptors (Lipinski definition) is 3. The number of nitrogens with one attached hydrogen (secondary N) is 1. The highest BCUT2D eigenvalue weighted by Gasteiger charge is 2.24. The molecule has 1 atom stereocenters. The Morgan fingerprint density at radius 3 is 2.96 bits per heavy atom. The highest BCUT2D eigenvalue weighted by Crippen LogP contribution is 2.27. The summed E-state index contributed by atoms with van der Waals surface area (Å²) in [7, 11) is 0. The Balaban J connectivity index is 1.52. The third-order valence-electron chi connectivity index (χ3n) is 4.59. The lowest BCUT2D eigenvalue weighted by molar-refractivity contribution is 0.0564. The second-order valence-corrected chi connectivity index (χ2v) is 6.39. The summed E-state index contributed by atoms with van der Waals surface area (Å²) >= 11 is 0. The fourth-order valence-electron chi connectivity index (χ4n) is 3.36. The minimum atomic E-state index is -0.825. The summed E-state index contributed by atoms with van der Waals surface area (Å²) in [6.45, 7) is 4.28. The second-order valence-electron chi connectivity index (χ2n) is 6.39. The molecule has 0 bridgehead atoms. The molecule has 1 aliphatic heterocycles. The highest BCUT2D eigenvalue weighted by molar-refractivity contribution is 5.79. The predicted molar refractivity (Wildman–Crippen MR) is 91.2 cm³/mol. The van der Waals surface area contributed by atoms with E-state index in [0.29, 0.717) is 31.9 Å². The maximum Gasteiger partial charge on any atom is 0.159 e. The van der Waals surface area contributed by atoms with Gasteiger partial charge in [0.25, 0.3) is 0 Å². The lowest BCUT2D eigenvalue weighted by atomic mass is 10.2. The summed E-state index contributed by atoms with van der Waals surface area (Å²) in [5.41, 5.74) is 3.97. The van der Waals surface area contributed by atoms with Crippen LogP contribution in [0.3, 0.4) is 0 Å². The van der Waals surface area contributed by atoms with Crippen LogP contribution in [0.1, 0.15) is 23.0 Å². The van der Waals surface area contributed by atoms with Gasteiger partial charge in [-0.05, 0) is 36.2 Å². The lowest BCUT2D eigenvalue weighted by Gasteiger charge is -2.26. The number of ether oxygens (including phenoxy) is 1. The molecular weight excluding hydrogens is 324 g/mol. The maximum absolute atomic E-state index is 13.3. The first kappa shape index (κ1) is 16.2. The van der Waals surface area contributed by atoms with Crippen LogP contribution < -0.4 is 5.32 Å². The molecule has 6 heteroatoms. The molecule has 25 heavy (non-hydrogen) atoms. The molecule has 3 aromatic rings. The van der Waals surface area contributed by atoms with Gasteiger partial charge < -0.3 is 14.6 Å². The van der Waals surface area contributed by atoms with Crippen molar-refractivity contribution in [1.29, 1.82) is 0 Å².